The molecule has 0 radical (unpaired) electrons. The first-order valence-corrected chi connectivity index (χ1v) is 14.8. The standard InChI is InChI=1S/C30H44N4O8/c1-5-6-12-32(13-7-11-31(2)3)27(37)18-33-17-21(20-15-23(40-4)29-24(16-20)41-19-42-29)28(30(38)39)22(33)10-14-34-25(35)8-9-26(34)36/h15-16,21-22,28H,5-14,17-19H2,1-4H3,(H,38,39). The van der Waals surface area contributed by atoms with E-state index in [2.05, 4.69) is 11.8 Å². The van der Waals surface area contributed by atoms with Gasteiger partial charge in [-0.1, -0.05) is 13.3 Å². The van der Waals surface area contributed by atoms with Gasteiger partial charge in [0.25, 0.3) is 0 Å². The zero-order valence-corrected chi connectivity index (χ0v) is 25.2. The molecule has 2 saturated heterocycles. The molecule has 3 heterocycles. The van der Waals surface area contributed by atoms with Crippen LogP contribution >= 0.6 is 0 Å². The number of methoxy groups -OCH3 is 1. The van der Waals surface area contributed by atoms with Gasteiger partial charge in [-0.05, 0) is 57.6 Å². The zero-order chi connectivity index (χ0) is 30.4. The summed E-state index contributed by atoms with van der Waals surface area (Å²) >= 11 is 0. The number of carbonyl (C=O) groups excluding carboxylic acids is 3. The van der Waals surface area contributed by atoms with E-state index in [-0.39, 0.29) is 56.9 Å². The molecule has 12 nitrogen and oxygen atoms in total. The van der Waals surface area contributed by atoms with Gasteiger partial charge in [-0.3, -0.25) is 29.0 Å². The number of carboxylic acids is 1. The van der Waals surface area contributed by atoms with E-state index < -0.39 is 23.8 Å². The number of hydrogen-bond acceptors (Lipinski definition) is 9. The molecule has 0 aliphatic carbocycles. The highest BCUT2D eigenvalue weighted by atomic mass is 16.7. The molecule has 42 heavy (non-hydrogen) atoms. The number of likely N-dealkylation sites (tertiary alicyclic amines) is 2. The van der Waals surface area contributed by atoms with Crippen molar-refractivity contribution >= 4 is 23.7 Å². The second kappa shape index (κ2) is 14.2. The topological polar surface area (TPSA) is 129 Å². The lowest BCUT2D eigenvalue weighted by molar-refractivity contribution is -0.144. The van der Waals surface area contributed by atoms with Crippen molar-refractivity contribution in [2.75, 3.05) is 67.3 Å². The number of fused-ring (bicyclic) bond motifs is 1. The maximum atomic E-state index is 13.7. The summed E-state index contributed by atoms with van der Waals surface area (Å²) in [5.41, 5.74) is 0.714. The summed E-state index contributed by atoms with van der Waals surface area (Å²) < 4.78 is 16.7. The van der Waals surface area contributed by atoms with Crippen LogP contribution in [-0.4, -0.2) is 122 Å². The highest BCUT2D eigenvalue weighted by molar-refractivity contribution is 6.01. The van der Waals surface area contributed by atoms with Gasteiger partial charge in [0.05, 0.1) is 19.6 Å². The van der Waals surface area contributed by atoms with Crippen molar-refractivity contribution in [1.29, 1.82) is 0 Å². The number of imide groups is 1. The Morgan fingerprint density at radius 2 is 1.79 bits per heavy atom. The van der Waals surface area contributed by atoms with Crippen LogP contribution in [0.2, 0.25) is 0 Å². The maximum Gasteiger partial charge on any atom is 0.308 e. The lowest BCUT2D eigenvalue weighted by atomic mass is 9.84. The fourth-order valence-electron chi connectivity index (χ4n) is 6.25. The number of rotatable bonds is 15. The molecular formula is C30H44N4O8. The number of nitrogens with zero attached hydrogens (tertiary/aromatic N) is 4. The van der Waals surface area contributed by atoms with Crippen molar-refractivity contribution in [3.8, 4) is 17.2 Å². The van der Waals surface area contributed by atoms with Crippen LogP contribution < -0.4 is 14.2 Å². The second-order valence-electron chi connectivity index (χ2n) is 11.5. The van der Waals surface area contributed by atoms with Gasteiger partial charge >= 0.3 is 5.97 Å². The lowest BCUT2D eigenvalue weighted by Crippen LogP contribution is -2.46. The second-order valence-corrected chi connectivity index (χ2v) is 11.5. The number of hydrogen-bond donors (Lipinski definition) is 1. The van der Waals surface area contributed by atoms with Gasteiger partial charge < -0.3 is 29.1 Å². The van der Waals surface area contributed by atoms with Gasteiger partial charge in [-0.15, -0.1) is 0 Å². The lowest BCUT2D eigenvalue weighted by Gasteiger charge is -2.30. The van der Waals surface area contributed by atoms with Crippen molar-refractivity contribution in [2.45, 2.75) is 57.4 Å². The monoisotopic (exact) mass is 588 g/mol. The number of aliphatic carboxylic acids is 1. The van der Waals surface area contributed by atoms with Crippen LogP contribution in [0.5, 0.6) is 17.2 Å². The molecule has 1 aromatic rings. The van der Waals surface area contributed by atoms with Crippen molar-refractivity contribution in [3.63, 3.8) is 0 Å². The molecule has 3 amide bonds. The molecule has 3 aliphatic heterocycles. The third-order valence-corrected chi connectivity index (χ3v) is 8.45. The normalized spacial score (nSPS) is 21.9. The molecule has 0 saturated carbocycles. The van der Waals surface area contributed by atoms with E-state index in [1.165, 1.54) is 12.0 Å². The Morgan fingerprint density at radius 3 is 2.43 bits per heavy atom. The van der Waals surface area contributed by atoms with E-state index in [9.17, 15) is 24.3 Å². The third kappa shape index (κ3) is 7.15. The molecule has 0 bridgehead atoms. The first-order valence-electron chi connectivity index (χ1n) is 14.8. The van der Waals surface area contributed by atoms with E-state index >= 15 is 0 Å². The largest absolute Gasteiger partial charge is 0.493 e. The number of carbonyl (C=O) groups is 4. The Kier molecular flexibility index (Phi) is 10.7. The fourth-order valence-corrected chi connectivity index (χ4v) is 6.25. The Labute approximate surface area is 247 Å². The number of unbranched alkanes of at least 4 members (excludes halogenated alkanes) is 1. The van der Waals surface area contributed by atoms with Crippen molar-refractivity contribution in [1.82, 2.24) is 19.6 Å². The van der Waals surface area contributed by atoms with Crippen LogP contribution in [0.1, 0.15) is 56.9 Å². The smallest absolute Gasteiger partial charge is 0.308 e. The number of amides is 3. The van der Waals surface area contributed by atoms with E-state index in [4.69, 9.17) is 14.2 Å². The molecular weight excluding hydrogens is 544 g/mol. The van der Waals surface area contributed by atoms with Crippen LogP contribution in [0.15, 0.2) is 12.1 Å². The van der Waals surface area contributed by atoms with Gasteiger partial charge in [0, 0.05) is 51.0 Å². The molecule has 1 aromatic carbocycles. The summed E-state index contributed by atoms with van der Waals surface area (Å²) in [4.78, 5) is 58.4. The molecule has 3 aliphatic rings. The van der Waals surface area contributed by atoms with Crippen LogP contribution in [0.3, 0.4) is 0 Å². The minimum atomic E-state index is -0.996. The summed E-state index contributed by atoms with van der Waals surface area (Å²) in [6.07, 6.45) is 3.28. The van der Waals surface area contributed by atoms with Gasteiger partial charge in [0.2, 0.25) is 30.3 Å². The maximum absolute atomic E-state index is 13.7. The van der Waals surface area contributed by atoms with Crippen LogP contribution in [0, 0.1) is 5.92 Å². The molecule has 12 heteroatoms. The van der Waals surface area contributed by atoms with E-state index in [0.717, 1.165) is 25.8 Å². The quantitative estimate of drug-likeness (QED) is 0.304. The molecule has 0 aromatic heterocycles. The van der Waals surface area contributed by atoms with Gasteiger partial charge in [0.1, 0.15) is 0 Å². The van der Waals surface area contributed by atoms with Crippen LogP contribution in [-0.2, 0) is 19.2 Å². The number of carboxylic acid groups (broad SMARTS) is 1. The van der Waals surface area contributed by atoms with E-state index in [0.29, 0.717) is 42.4 Å². The Hall–Kier alpha value is -3.38. The van der Waals surface area contributed by atoms with Crippen molar-refractivity contribution in [3.05, 3.63) is 17.7 Å². The summed E-state index contributed by atoms with van der Waals surface area (Å²) in [5.74, 6) is -1.47. The zero-order valence-electron chi connectivity index (χ0n) is 25.2. The molecule has 0 spiro atoms. The Morgan fingerprint density at radius 1 is 1.07 bits per heavy atom. The Balaban J connectivity index is 1.61. The molecule has 3 unspecified atom stereocenters. The average molecular weight is 589 g/mol. The summed E-state index contributed by atoms with van der Waals surface area (Å²) in [6, 6.07) is 3.00. The van der Waals surface area contributed by atoms with Gasteiger partial charge in [-0.25, -0.2) is 0 Å². The molecule has 2 fully saturated rings. The predicted octanol–water partition coefficient (Wildman–Crippen LogP) is 2.01. The molecule has 4 rings (SSSR count). The minimum Gasteiger partial charge on any atom is -0.493 e. The first kappa shape index (κ1) is 31.6. The first-order chi connectivity index (χ1) is 20.1. The summed E-state index contributed by atoms with van der Waals surface area (Å²) in [7, 11) is 5.52. The highest BCUT2D eigenvalue weighted by Crippen LogP contribution is 2.47. The number of ether oxygens (including phenoxy) is 3. The van der Waals surface area contributed by atoms with Gasteiger partial charge in [0.15, 0.2) is 11.5 Å². The third-order valence-electron chi connectivity index (χ3n) is 8.45. The molecule has 1 N–H and O–H groups in total. The summed E-state index contributed by atoms with van der Waals surface area (Å²) in [6.45, 7) is 4.75. The van der Waals surface area contributed by atoms with Crippen molar-refractivity contribution in [2.24, 2.45) is 5.92 Å². The van der Waals surface area contributed by atoms with Crippen LogP contribution in [0.25, 0.3) is 0 Å². The minimum absolute atomic E-state index is 0.0464. The predicted molar refractivity (Wildman–Crippen MR) is 154 cm³/mol. The average Bonchev–Trinajstić information content (AvgIpc) is 3.65. The van der Waals surface area contributed by atoms with Crippen molar-refractivity contribution < 1.29 is 38.5 Å². The molecule has 3 atom stereocenters. The van der Waals surface area contributed by atoms with Gasteiger partial charge in [-0.2, -0.15) is 0 Å². The Bertz CT molecular complexity index is 1140. The fraction of sp³-hybridized carbons (Fsp3) is 0.667. The summed E-state index contributed by atoms with van der Waals surface area (Å²) in [5, 5.41) is 10.5. The molecule has 232 valence electrons. The van der Waals surface area contributed by atoms with Crippen LogP contribution in [0.4, 0.5) is 0 Å². The highest BCUT2D eigenvalue weighted by Gasteiger charge is 2.48. The number of benzene rings is 1. The SMILES string of the molecule is CCCCN(CCCN(C)C)C(=O)CN1CC(c2cc(OC)c3c(c2)OCO3)C(C(=O)O)C1CCN1C(=O)CCC1=O. The van der Waals surface area contributed by atoms with E-state index in [1.54, 1.807) is 12.1 Å². The van der Waals surface area contributed by atoms with E-state index in [1.807, 2.05) is 23.9 Å².